The third kappa shape index (κ3) is 6.16. The van der Waals surface area contributed by atoms with Crippen molar-refractivity contribution >= 4 is 39.2 Å². The number of halogens is 3. The molecule has 0 saturated heterocycles. The SMILES string of the molecule is CNC(=O)c1ccc(Nc2ncc(C(F)(F)F)c(NCc3nccnc3N(C)S(C)(=O)=O)n2)cc1C. The Kier molecular flexibility index (Phi) is 7.62. The van der Waals surface area contributed by atoms with E-state index in [2.05, 4.69) is 35.9 Å². The number of carbonyl (C=O) groups excluding carboxylic acids is 1. The van der Waals surface area contributed by atoms with Crippen LogP contribution in [0.5, 0.6) is 0 Å². The lowest BCUT2D eigenvalue weighted by Crippen LogP contribution is -2.27. The number of hydrogen-bond acceptors (Lipinski definition) is 9. The zero-order valence-corrected chi connectivity index (χ0v) is 20.5. The number of aromatic nitrogens is 4. The summed E-state index contributed by atoms with van der Waals surface area (Å²) in [6.45, 7) is 1.41. The largest absolute Gasteiger partial charge is 0.421 e. The van der Waals surface area contributed by atoms with Crippen LogP contribution in [0.15, 0.2) is 36.8 Å². The maximum atomic E-state index is 13.6. The molecular formula is C21H23F3N8O3S. The zero-order valence-electron chi connectivity index (χ0n) is 19.7. The van der Waals surface area contributed by atoms with Gasteiger partial charge in [0.05, 0.1) is 12.8 Å². The van der Waals surface area contributed by atoms with Crippen LogP contribution < -0.4 is 20.3 Å². The van der Waals surface area contributed by atoms with Crippen LogP contribution in [0.25, 0.3) is 0 Å². The second-order valence-electron chi connectivity index (χ2n) is 7.60. The second-order valence-corrected chi connectivity index (χ2v) is 9.61. The van der Waals surface area contributed by atoms with Gasteiger partial charge < -0.3 is 16.0 Å². The highest BCUT2D eigenvalue weighted by atomic mass is 32.2. The lowest BCUT2D eigenvalue weighted by molar-refractivity contribution is -0.137. The van der Waals surface area contributed by atoms with E-state index in [0.717, 1.165) is 10.6 Å². The average molecular weight is 525 g/mol. The van der Waals surface area contributed by atoms with E-state index in [1.54, 1.807) is 25.1 Å². The molecule has 192 valence electrons. The molecule has 0 unspecified atom stereocenters. The number of carbonyl (C=O) groups is 1. The molecule has 3 aromatic rings. The van der Waals surface area contributed by atoms with E-state index in [1.807, 2.05) is 0 Å². The number of amides is 1. The molecule has 36 heavy (non-hydrogen) atoms. The number of nitrogens with one attached hydrogen (secondary N) is 3. The molecule has 0 atom stereocenters. The van der Waals surface area contributed by atoms with E-state index in [9.17, 15) is 26.4 Å². The Labute approximate surface area is 205 Å². The number of aryl methyl sites for hydroxylation is 1. The first kappa shape index (κ1) is 26.6. The van der Waals surface area contributed by atoms with Crippen LogP contribution in [-0.2, 0) is 22.7 Å². The monoisotopic (exact) mass is 524 g/mol. The van der Waals surface area contributed by atoms with E-state index < -0.39 is 27.6 Å². The van der Waals surface area contributed by atoms with Gasteiger partial charge >= 0.3 is 6.18 Å². The molecule has 0 spiro atoms. The van der Waals surface area contributed by atoms with Gasteiger partial charge in [-0.25, -0.2) is 18.4 Å². The Morgan fingerprint density at radius 1 is 1.14 bits per heavy atom. The zero-order chi connectivity index (χ0) is 26.7. The van der Waals surface area contributed by atoms with Crippen LogP contribution >= 0.6 is 0 Å². The summed E-state index contributed by atoms with van der Waals surface area (Å²) >= 11 is 0. The molecule has 0 fully saturated rings. The predicted octanol–water partition coefficient (Wildman–Crippen LogP) is 2.70. The molecule has 2 aromatic heterocycles. The molecule has 1 aromatic carbocycles. The Hall–Kier alpha value is -4.01. The van der Waals surface area contributed by atoms with Gasteiger partial charge in [-0.3, -0.25) is 14.1 Å². The Balaban J connectivity index is 1.91. The number of nitrogens with zero attached hydrogens (tertiary/aromatic N) is 5. The Morgan fingerprint density at radius 2 is 1.83 bits per heavy atom. The van der Waals surface area contributed by atoms with Crippen LogP contribution in [0.4, 0.5) is 36.4 Å². The Morgan fingerprint density at radius 3 is 2.44 bits per heavy atom. The summed E-state index contributed by atoms with van der Waals surface area (Å²) in [4.78, 5) is 27.6. The predicted molar refractivity (Wildman–Crippen MR) is 127 cm³/mol. The standard InChI is InChI=1S/C21H23F3N8O3S/c1-12-9-13(5-6-14(12)19(33)25-2)30-20-29-10-15(21(22,23)24)17(31-20)28-11-16-18(27-8-7-26-16)32(3)36(4,34)35/h5-10H,11H2,1-4H3,(H,25,33)(H2,28,29,30,31). The van der Waals surface area contributed by atoms with Gasteiger partial charge in [-0.15, -0.1) is 0 Å². The van der Waals surface area contributed by atoms with Crippen LogP contribution in [0.1, 0.15) is 27.2 Å². The fourth-order valence-electron chi connectivity index (χ4n) is 3.12. The average Bonchev–Trinajstić information content (AvgIpc) is 2.81. The highest BCUT2D eigenvalue weighted by molar-refractivity contribution is 7.92. The summed E-state index contributed by atoms with van der Waals surface area (Å²) in [5.41, 5.74) is 0.498. The molecule has 0 saturated carbocycles. The van der Waals surface area contributed by atoms with E-state index in [1.165, 1.54) is 26.5 Å². The minimum atomic E-state index is -4.76. The van der Waals surface area contributed by atoms with Gasteiger partial charge in [0.25, 0.3) is 5.91 Å². The molecule has 1 amide bonds. The topological polar surface area (TPSA) is 142 Å². The third-order valence-electron chi connectivity index (χ3n) is 5.02. The van der Waals surface area contributed by atoms with Gasteiger partial charge in [0.1, 0.15) is 17.1 Å². The molecule has 3 rings (SSSR count). The van der Waals surface area contributed by atoms with Crippen molar-refractivity contribution in [1.82, 2.24) is 25.3 Å². The fraction of sp³-hybridized carbons (Fsp3) is 0.286. The van der Waals surface area contributed by atoms with Crippen molar-refractivity contribution in [3.8, 4) is 0 Å². The van der Waals surface area contributed by atoms with Crippen LogP contribution in [0.2, 0.25) is 0 Å². The molecule has 11 nitrogen and oxygen atoms in total. The smallest absolute Gasteiger partial charge is 0.364 e. The van der Waals surface area contributed by atoms with E-state index >= 15 is 0 Å². The minimum absolute atomic E-state index is 0.0415. The first-order valence-corrected chi connectivity index (χ1v) is 12.2. The molecule has 2 heterocycles. The summed E-state index contributed by atoms with van der Waals surface area (Å²) in [5, 5.41) is 7.90. The van der Waals surface area contributed by atoms with Crippen molar-refractivity contribution in [2.45, 2.75) is 19.6 Å². The van der Waals surface area contributed by atoms with E-state index in [0.29, 0.717) is 23.0 Å². The fourth-order valence-corrected chi connectivity index (χ4v) is 3.58. The second kappa shape index (κ2) is 10.3. The van der Waals surface area contributed by atoms with Crippen molar-refractivity contribution in [3.63, 3.8) is 0 Å². The summed E-state index contributed by atoms with van der Waals surface area (Å²) in [5.74, 6) is -0.996. The van der Waals surface area contributed by atoms with Crippen LogP contribution in [0, 0.1) is 6.92 Å². The molecule has 15 heteroatoms. The molecule has 0 aliphatic carbocycles. The molecular weight excluding hydrogens is 501 g/mol. The maximum Gasteiger partial charge on any atom is 0.421 e. The van der Waals surface area contributed by atoms with Crippen LogP contribution in [-0.4, -0.2) is 54.6 Å². The number of hydrogen-bond donors (Lipinski definition) is 3. The number of sulfonamides is 1. The normalized spacial score (nSPS) is 11.6. The van der Waals surface area contributed by atoms with Crippen LogP contribution in [0.3, 0.4) is 0 Å². The van der Waals surface area contributed by atoms with Gasteiger partial charge in [-0.1, -0.05) is 0 Å². The maximum absolute atomic E-state index is 13.6. The van der Waals surface area contributed by atoms with Gasteiger partial charge in [-0.2, -0.15) is 18.2 Å². The van der Waals surface area contributed by atoms with Gasteiger partial charge in [-0.05, 0) is 30.7 Å². The lowest BCUT2D eigenvalue weighted by Gasteiger charge is -2.19. The van der Waals surface area contributed by atoms with Crippen molar-refractivity contribution in [1.29, 1.82) is 0 Å². The van der Waals surface area contributed by atoms with Gasteiger partial charge in [0.2, 0.25) is 16.0 Å². The molecule has 0 aliphatic rings. The van der Waals surface area contributed by atoms with Gasteiger partial charge in [0, 0.05) is 43.9 Å². The highest BCUT2D eigenvalue weighted by Crippen LogP contribution is 2.34. The molecule has 0 bridgehead atoms. The number of alkyl halides is 3. The summed E-state index contributed by atoms with van der Waals surface area (Å²) in [6.07, 6.45) is -0.609. The first-order valence-electron chi connectivity index (χ1n) is 10.3. The third-order valence-corrected chi connectivity index (χ3v) is 6.19. The van der Waals surface area contributed by atoms with Gasteiger partial charge in [0.15, 0.2) is 5.82 Å². The summed E-state index contributed by atoms with van der Waals surface area (Å²) in [7, 11) is -0.926. The minimum Gasteiger partial charge on any atom is -0.364 e. The summed E-state index contributed by atoms with van der Waals surface area (Å²) < 4.78 is 65.5. The number of anilines is 4. The van der Waals surface area contributed by atoms with E-state index in [-0.39, 0.29) is 29.9 Å². The number of rotatable bonds is 8. The first-order chi connectivity index (χ1) is 16.8. The van der Waals surface area contributed by atoms with Crippen molar-refractivity contribution in [3.05, 3.63) is 59.2 Å². The van der Waals surface area contributed by atoms with Crippen molar-refractivity contribution < 1.29 is 26.4 Å². The summed E-state index contributed by atoms with van der Waals surface area (Å²) in [6, 6.07) is 4.76. The van der Waals surface area contributed by atoms with Crippen molar-refractivity contribution in [2.24, 2.45) is 0 Å². The lowest BCUT2D eigenvalue weighted by atomic mass is 10.1. The number of benzene rings is 1. The van der Waals surface area contributed by atoms with E-state index in [4.69, 9.17) is 0 Å². The quantitative estimate of drug-likeness (QED) is 0.405. The Bertz CT molecular complexity index is 1380. The highest BCUT2D eigenvalue weighted by Gasteiger charge is 2.35. The van der Waals surface area contributed by atoms with Crippen molar-refractivity contribution in [2.75, 3.05) is 35.3 Å². The molecule has 0 radical (unpaired) electrons. The molecule has 3 N–H and O–H groups in total. The molecule has 0 aliphatic heterocycles.